The van der Waals surface area contributed by atoms with E-state index < -0.39 is 6.10 Å². The molecule has 0 unspecified atom stereocenters. The van der Waals surface area contributed by atoms with Crippen molar-refractivity contribution in [2.45, 2.75) is 19.1 Å². The molecular formula is C21H26N2O3. The van der Waals surface area contributed by atoms with E-state index in [-0.39, 0.29) is 0 Å². The molecule has 0 saturated carbocycles. The van der Waals surface area contributed by atoms with E-state index in [9.17, 15) is 5.11 Å². The minimum absolute atomic E-state index is 0.434. The molecule has 0 radical (unpaired) electrons. The lowest BCUT2D eigenvalue weighted by Crippen LogP contribution is -2.31. The van der Waals surface area contributed by atoms with E-state index in [0.29, 0.717) is 13.1 Å². The van der Waals surface area contributed by atoms with E-state index in [1.165, 1.54) is 10.9 Å². The number of rotatable bonds is 9. The molecule has 1 atom stereocenters. The standard InChI is InChI=1S/C21H26N2O3/c1-25-20-8-7-16(13-21(20)26-2)9-11-22-14-18(24)15-23-12-10-17-5-3-4-6-19(17)23/h3-8,10,12-13,18,22,24H,9,11,14-15H2,1-2H3/t18-/m1/s1. The molecule has 3 rings (SSSR count). The number of fused-ring (bicyclic) bond motifs is 1. The second kappa shape index (κ2) is 8.74. The monoisotopic (exact) mass is 354 g/mol. The summed E-state index contributed by atoms with van der Waals surface area (Å²) in [5.74, 6) is 1.48. The van der Waals surface area contributed by atoms with Gasteiger partial charge in [-0.05, 0) is 48.2 Å². The van der Waals surface area contributed by atoms with Crippen LogP contribution in [0.4, 0.5) is 0 Å². The van der Waals surface area contributed by atoms with Gasteiger partial charge in [0.05, 0.1) is 20.3 Å². The van der Waals surface area contributed by atoms with Crippen LogP contribution in [0, 0.1) is 0 Å². The molecule has 0 bridgehead atoms. The summed E-state index contributed by atoms with van der Waals surface area (Å²) in [5.41, 5.74) is 2.32. The number of hydrogen-bond donors (Lipinski definition) is 2. The summed E-state index contributed by atoms with van der Waals surface area (Å²) in [7, 11) is 3.27. The molecule has 2 N–H and O–H groups in total. The third kappa shape index (κ3) is 4.36. The highest BCUT2D eigenvalue weighted by atomic mass is 16.5. The first-order valence-electron chi connectivity index (χ1n) is 8.85. The predicted octanol–water partition coefficient (Wildman–Crippen LogP) is 2.85. The Kier molecular flexibility index (Phi) is 6.15. The molecule has 0 aliphatic rings. The zero-order valence-corrected chi connectivity index (χ0v) is 15.3. The van der Waals surface area contributed by atoms with E-state index in [1.807, 2.05) is 36.5 Å². The maximum atomic E-state index is 10.3. The Bertz CT molecular complexity index is 844. The van der Waals surface area contributed by atoms with Gasteiger partial charge in [-0.3, -0.25) is 0 Å². The normalized spacial score (nSPS) is 12.3. The summed E-state index contributed by atoms with van der Waals surface area (Å²) < 4.78 is 12.7. The van der Waals surface area contributed by atoms with Crippen LogP contribution in [-0.4, -0.2) is 43.1 Å². The lowest BCUT2D eigenvalue weighted by atomic mass is 10.1. The molecule has 0 saturated heterocycles. The van der Waals surface area contributed by atoms with Gasteiger partial charge in [-0.2, -0.15) is 0 Å². The van der Waals surface area contributed by atoms with Crippen molar-refractivity contribution in [2.75, 3.05) is 27.3 Å². The third-order valence-electron chi connectivity index (χ3n) is 4.51. The molecule has 1 heterocycles. The number of aliphatic hydroxyl groups excluding tert-OH is 1. The molecule has 0 aliphatic heterocycles. The molecule has 0 aliphatic carbocycles. The van der Waals surface area contributed by atoms with Crippen molar-refractivity contribution in [3.05, 3.63) is 60.3 Å². The van der Waals surface area contributed by atoms with Gasteiger partial charge in [0.15, 0.2) is 11.5 Å². The summed E-state index contributed by atoms with van der Waals surface area (Å²) in [5, 5.41) is 14.8. The van der Waals surface area contributed by atoms with Crippen molar-refractivity contribution in [1.29, 1.82) is 0 Å². The third-order valence-corrected chi connectivity index (χ3v) is 4.51. The zero-order valence-electron chi connectivity index (χ0n) is 15.3. The highest BCUT2D eigenvalue weighted by molar-refractivity contribution is 5.79. The summed E-state index contributed by atoms with van der Waals surface area (Å²) in [6.07, 6.45) is 2.45. The van der Waals surface area contributed by atoms with Crippen LogP contribution in [0.15, 0.2) is 54.7 Å². The van der Waals surface area contributed by atoms with Gasteiger partial charge in [0, 0.05) is 24.8 Å². The Labute approximate surface area is 154 Å². The van der Waals surface area contributed by atoms with E-state index >= 15 is 0 Å². The van der Waals surface area contributed by atoms with Crippen molar-refractivity contribution in [1.82, 2.24) is 9.88 Å². The number of para-hydroxylation sites is 1. The Morgan fingerprint density at radius 1 is 1.04 bits per heavy atom. The Hall–Kier alpha value is -2.50. The van der Waals surface area contributed by atoms with Gasteiger partial charge in [-0.25, -0.2) is 0 Å². The van der Waals surface area contributed by atoms with Crippen molar-refractivity contribution in [3.8, 4) is 11.5 Å². The zero-order chi connectivity index (χ0) is 18.4. The smallest absolute Gasteiger partial charge is 0.160 e. The van der Waals surface area contributed by atoms with Crippen molar-refractivity contribution < 1.29 is 14.6 Å². The highest BCUT2D eigenvalue weighted by Crippen LogP contribution is 2.27. The average molecular weight is 354 g/mol. The molecule has 0 fully saturated rings. The van der Waals surface area contributed by atoms with Crippen LogP contribution in [0.3, 0.4) is 0 Å². The number of nitrogens with zero attached hydrogens (tertiary/aromatic N) is 1. The molecule has 138 valence electrons. The lowest BCUT2D eigenvalue weighted by molar-refractivity contribution is 0.153. The molecular weight excluding hydrogens is 328 g/mol. The predicted molar refractivity (Wildman–Crippen MR) is 104 cm³/mol. The highest BCUT2D eigenvalue weighted by Gasteiger charge is 2.08. The SMILES string of the molecule is COc1ccc(CCNC[C@@H](O)Cn2ccc3ccccc32)cc1OC. The van der Waals surface area contributed by atoms with Gasteiger partial charge in [0.25, 0.3) is 0 Å². The number of aromatic nitrogens is 1. The van der Waals surface area contributed by atoms with E-state index in [4.69, 9.17) is 9.47 Å². The summed E-state index contributed by atoms with van der Waals surface area (Å²) >= 11 is 0. The summed E-state index contributed by atoms with van der Waals surface area (Å²) in [4.78, 5) is 0. The number of hydrogen-bond acceptors (Lipinski definition) is 4. The van der Waals surface area contributed by atoms with Crippen LogP contribution in [0.25, 0.3) is 10.9 Å². The van der Waals surface area contributed by atoms with E-state index in [2.05, 4.69) is 28.1 Å². The molecule has 0 amide bonds. The Balaban J connectivity index is 1.46. The Morgan fingerprint density at radius 3 is 2.65 bits per heavy atom. The number of aliphatic hydroxyl groups is 1. The van der Waals surface area contributed by atoms with Crippen LogP contribution < -0.4 is 14.8 Å². The molecule has 1 aromatic heterocycles. The fraction of sp³-hybridized carbons (Fsp3) is 0.333. The number of benzene rings is 2. The second-order valence-electron chi connectivity index (χ2n) is 6.32. The maximum absolute atomic E-state index is 10.3. The van der Waals surface area contributed by atoms with Gasteiger partial charge in [-0.15, -0.1) is 0 Å². The molecule has 26 heavy (non-hydrogen) atoms. The number of methoxy groups -OCH3 is 2. The quantitative estimate of drug-likeness (QED) is 0.580. The first kappa shape index (κ1) is 18.3. The van der Waals surface area contributed by atoms with Crippen molar-refractivity contribution >= 4 is 10.9 Å². The van der Waals surface area contributed by atoms with Gasteiger partial charge < -0.3 is 24.5 Å². The minimum Gasteiger partial charge on any atom is -0.493 e. The van der Waals surface area contributed by atoms with Crippen LogP contribution in [-0.2, 0) is 13.0 Å². The molecule has 5 nitrogen and oxygen atoms in total. The number of nitrogens with one attached hydrogen (secondary N) is 1. The number of ether oxygens (including phenoxy) is 2. The molecule has 5 heteroatoms. The van der Waals surface area contributed by atoms with Crippen LogP contribution >= 0.6 is 0 Å². The first-order chi connectivity index (χ1) is 12.7. The Morgan fingerprint density at radius 2 is 1.85 bits per heavy atom. The van der Waals surface area contributed by atoms with Crippen molar-refractivity contribution in [2.24, 2.45) is 0 Å². The summed E-state index contributed by atoms with van der Waals surface area (Å²) in [6.45, 7) is 1.93. The van der Waals surface area contributed by atoms with Crippen LogP contribution in [0.1, 0.15) is 5.56 Å². The molecule has 3 aromatic rings. The van der Waals surface area contributed by atoms with E-state index in [0.717, 1.165) is 30.0 Å². The second-order valence-corrected chi connectivity index (χ2v) is 6.32. The molecule has 0 spiro atoms. The van der Waals surface area contributed by atoms with Crippen LogP contribution in [0.2, 0.25) is 0 Å². The minimum atomic E-state index is -0.434. The first-order valence-corrected chi connectivity index (χ1v) is 8.85. The van der Waals surface area contributed by atoms with Crippen molar-refractivity contribution in [3.63, 3.8) is 0 Å². The average Bonchev–Trinajstić information content (AvgIpc) is 3.08. The lowest BCUT2D eigenvalue weighted by Gasteiger charge is -2.14. The van der Waals surface area contributed by atoms with Gasteiger partial charge in [0.1, 0.15) is 0 Å². The topological polar surface area (TPSA) is 55.6 Å². The van der Waals surface area contributed by atoms with Gasteiger partial charge >= 0.3 is 0 Å². The largest absolute Gasteiger partial charge is 0.493 e. The molecule has 2 aromatic carbocycles. The fourth-order valence-corrected chi connectivity index (χ4v) is 3.13. The van der Waals surface area contributed by atoms with Gasteiger partial charge in [0.2, 0.25) is 0 Å². The summed E-state index contributed by atoms with van der Waals surface area (Å²) in [6, 6.07) is 16.2. The van der Waals surface area contributed by atoms with Gasteiger partial charge in [-0.1, -0.05) is 24.3 Å². The van der Waals surface area contributed by atoms with E-state index in [1.54, 1.807) is 14.2 Å². The van der Waals surface area contributed by atoms with Crippen LogP contribution in [0.5, 0.6) is 11.5 Å². The fourth-order valence-electron chi connectivity index (χ4n) is 3.13. The maximum Gasteiger partial charge on any atom is 0.160 e.